The highest BCUT2D eigenvalue weighted by Crippen LogP contribution is 2.23. The van der Waals surface area contributed by atoms with Crippen LogP contribution in [0.3, 0.4) is 0 Å². The van der Waals surface area contributed by atoms with Gasteiger partial charge in [-0.05, 0) is 32.8 Å². The summed E-state index contributed by atoms with van der Waals surface area (Å²) in [5, 5.41) is 0. The highest BCUT2D eigenvalue weighted by Gasteiger charge is 2.30. The first kappa shape index (κ1) is 16.7. The Balaban J connectivity index is 1.80. The molecule has 1 aliphatic heterocycles. The summed E-state index contributed by atoms with van der Waals surface area (Å²) in [6, 6.07) is 8.01. The third kappa shape index (κ3) is 3.49. The Morgan fingerprint density at radius 3 is 2.83 bits per heavy atom. The van der Waals surface area contributed by atoms with Gasteiger partial charge in [-0.1, -0.05) is 18.2 Å². The molecule has 0 spiro atoms. The summed E-state index contributed by atoms with van der Waals surface area (Å²) in [5.74, 6) is 1.02. The lowest BCUT2D eigenvalue weighted by atomic mass is 10.0. The van der Waals surface area contributed by atoms with Crippen molar-refractivity contribution in [2.45, 2.75) is 12.6 Å². The van der Waals surface area contributed by atoms with Crippen LogP contribution in [-0.2, 0) is 6.54 Å². The number of piperazine rings is 1. The fourth-order valence-corrected chi connectivity index (χ4v) is 3.19. The van der Waals surface area contributed by atoms with E-state index >= 15 is 0 Å². The minimum Gasteiger partial charge on any atom is -0.347 e. The topological polar surface area (TPSA) is 55.5 Å². The smallest absolute Gasteiger partial charge is 0.254 e. The summed E-state index contributed by atoms with van der Waals surface area (Å²) in [6.07, 6.45) is 3.59. The molecule has 0 bridgehead atoms. The number of amides is 1. The Bertz CT molecular complexity index is 682. The van der Waals surface area contributed by atoms with Gasteiger partial charge in [-0.2, -0.15) is 0 Å². The van der Waals surface area contributed by atoms with E-state index in [4.69, 9.17) is 0 Å². The molecule has 0 aliphatic carbocycles. The molecule has 2 aromatic rings. The zero-order valence-electron chi connectivity index (χ0n) is 14.6. The van der Waals surface area contributed by atoms with Crippen LogP contribution in [0.15, 0.2) is 36.7 Å². The van der Waals surface area contributed by atoms with Crippen molar-refractivity contribution in [3.63, 3.8) is 0 Å². The molecule has 1 unspecified atom stereocenters. The van der Waals surface area contributed by atoms with Crippen LogP contribution < -0.4 is 0 Å². The summed E-state index contributed by atoms with van der Waals surface area (Å²) in [5.41, 5.74) is 1.87. The number of H-pyrrole nitrogens is 1. The molecular weight excluding hydrogens is 302 g/mol. The highest BCUT2D eigenvalue weighted by atomic mass is 16.2. The molecule has 1 aliphatic rings. The molecule has 1 amide bonds. The second kappa shape index (κ2) is 7.15. The maximum Gasteiger partial charge on any atom is 0.254 e. The fraction of sp³-hybridized carbons (Fsp3) is 0.444. The van der Waals surface area contributed by atoms with Gasteiger partial charge in [-0.25, -0.2) is 4.98 Å². The first-order valence-electron chi connectivity index (χ1n) is 8.27. The van der Waals surface area contributed by atoms with Gasteiger partial charge in [0.25, 0.3) is 5.91 Å². The number of carbonyl (C=O) groups is 1. The zero-order chi connectivity index (χ0) is 17.1. The lowest BCUT2D eigenvalue weighted by molar-refractivity contribution is 0.0533. The molecule has 1 fully saturated rings. The summed E-state index contributed by atoms with van der Waals surface area (Å²) in [6.45, 7) is 2.99. The number of nitrogens with zero attached hydrogens (tertiary/aromatic N) is 4. The Kier molecular flexibility index (Phi) is 4.97. The standard InChI is InChI=1S/C18H25N5O/c1-21(2)12-14-6-4-5-7-15(14)18(24)23-11-10-22(3)16(13-23)17-19-8-9-20-17/h4-9,16H,10-13H2,1-3H3,(H,19,20). The molecule has 0 radical (unpaired) electrons. The average Bonchev–Trinajstić information content (AvgIpc) is 3.09. The van der Waals surface area contributed by atoms with Crippen molar-refractivity contribution in [2.24, 2.45) is 0 Å². The van der Waals surface area contributed by atoms with Gasteiger partial charge in [0, 0.05) is 44.1 Å². The van der Waals surface area contributed by atoms with Crippen molar-refractivity contribution in [2.75, 3.05) is 40.8 Å². The van der Waals surface area contributed by atoms with E-state index in [1.807, 2.05) is 49.5 Å². The van der Waals surface area contributed by atoms with Gasteiger partial charge in [0.05, 0.1) is 6.04 Å². The third-order valence-corrected chi connectivity index (χ3v) is 4.50. The molecule has 24 heavy (non-hydrogen) atoms. The normalized spacial score (nSPS) is 19.0. The van der Waals surface area contributed by atoms with Gasteiger partial charge in [0.15, 0.2) is 0 Å². The minimum absolute atomic E-state index is 0.108. The Hall–Kier alpha value is -2.18. The first-order valence-corrected chi connectivity index (χ1v) is 8.27. The average molecular weight is 327 g/mol. The molecule has 1 atom stereocenters. The Morgan fingerprint density at radius 1 is 1.33 bits per heavy atom. The summed E-state index contributed by atoms with van der Waals surface area (Å²) < 4.78 is 0. The van der Waals surface area contributed by atoms with Gasteiger partial charge in [0.1, 0.15) is 5.82 Å². The predicted molar refractivity (Wildman–Crippen MR) is 93.7 cm³/mol. The van der Waals surface area contributed by atoms with Crippen molar-refractivity contribution in [1.29, 1.82) is 0 Å². The van der Waals surface area contributed by atoms with Crippen LogP contribution in [0.2, 0.25) is 0 Å². The zero-order valence-corrected chi connectivity index (χ0v) is 14.6. The molecule has 0 saturated carbocycles. The molecule has 6 heteroatoms. The van der Waals surface area contributed by atoms with Crippen LogP contribution in [0.1, 0.15) is 27.8 Å². The summed E-state index contributed by atoms with van der Waals surface area (Å²) in [7, 11) is 6.11. The molecule has 1 N–H and O–H groups in total. The predicted octanol–water partition coefficient (Wildman–Crippen LogP) is 1.60. The number of aromatic nitrogens is 2. The van der Waals surface area contributed by atoms with Crippen molar-refractivity contribution in [3.8, 4) is 0 Å². The van der Waals surface area contributed by atoms with E-state index in [0.29, 0.717) is 6.54 Å². The first-order chi connectivity index (χ1) is 11.6. The number of carbonyl (C=O) groups excluding carboxylic acids is 1. The Morgan fingerprint density at radius 2 is 2.12 bits per heavy atom. The molecule has 3 rings (SSSR count). The van der Waals surface area contributed by atoms with Crippen LogP contribution in [0.25, 0.3) is 0 Å². The van der Waals surface area contributed by atoms with Crippen molar-refractivity contribution < 1.29 is 4.79 Å². The van der Waals surface area contributed by atoms with Crippen LogP contribution >= 0.6 is 0 Å². The second-order valence-corrected chi connectivity index (χ2v) is 6.62. The number of rotatable bonds is 4. The summed E-state index contributed by atoms with van der Waals surface area (Å²) in [4.78, 5) is 26.9. The van der Waals surface area contributed by atoms with Gasteiger partial charge >= 0.3 is 0 Å². The van der Waals surface area contributed by atoms with Crippen molar-refractivity contribution >= 4 is 5.91 Å². The maximum absolute atomic E-state index is 13.1. The molecule has 6 nitrogen and oxygen atoms in total. The van der Waals surface area contributed by atoms with E-state index in [9.17, 15) is 4.79 Å². The molecule has 2 heterocycles. The largest absolute Gasteiger partial charge is 0.347 e. The second-order valence-electron chi connectivity index (χ2n) is 6.62. The number of likely N-dealkylation sites (N-methyl/N-ethyl adjacent to an activating group) is 1. The Labute approximate surface area is 143 Å². The van der Waals surface area contributed by atoms with E-state index in [1.165, 1.54) is 0 Å². The number of nitrogens with one attached hydrogen (secondary N) is 1. The van der Waals surface area contributed by atoms with Gasteiger partial charge < -0.3 is 14.8 Å². The van der Waals surface area contributed by atoms with E-state index in [0.717, 1.165) is 36.6 Å². The number of hydrogen-bond acceptors (Lipinski definition) is 4. The number of aromatic amines is 1. The SMILES string of the molecule is CN(C)Cc1ccccc1C(=O)N1CCN(C)C(c2ncc[nH]2)C1. The van der Waals surface area contributed by atoms with Gasteiger partial charge in [0.2, 0.25) is 0 Å². The highest BCUT2D eigenvalue weighted by molar-refractivity contribution is 5.95. The monoisotopic (exact) mass is 327 g/mol. The third-order valence-electron chi connectivity index (χ3n) is 4.50. The van der Waals surface area contributed by atoms with Crippen molar-refractivity contribution in [1.82, 2.24) is 24.7 Å². The van der Waals surface area contributed by atoms with Crippen LogP contribution in [-0.4, -0.2) is 71.4 Å². The lowest BCUT2D eigenvalue weighted by Crippen LogP contribution is -2.49. The quantitative estimate of drug-likeness (QED) is 0.927. The molecule has 128 valence electrons. The van der Waals surface area contributed by atoms with E-state index in [2.05, 4.69) is 26.8 Å². The fourth-order valence-electron chi connectivity index (χ4n) is 3.19. The summed E-state index contributed by atoms with van der Waals surface area (Å²) >= 11 is 0. The maximum atomic E-state index is 13.1. The molecule has 1 aromatic heterocycles. The molecule has 1 saturated heterocycles. The molecule has 1 aromatic carbocycles. The number of hydrogen-bond donors (Lipinski definition) is 1. The van der Waals surface area contributed by atoms with E-state index < -0.39 is 0 Å². The van der Waals surface area contributed by atoms with Crippen LogP contribution in [0.4, 0.5) is 0 Å². The number of benzene rings is 1. The van der Waals surface area contributed by atoms with E-state index in [-0.39, 0.29) is 11.9 Å². The minimum atomic E-state index is 0.108. The molecular formula is C18H25N5O. The van der Waals surface area contributed by atoms with Gasteiger partial charge in [-0.3, -0.25) is 9.69 Å². The lowest BCUT2D eigenvalue weighted by Gasteiger charge is -2.38. The van der Waals surface area contributed by atoms with Crippen LogP contribution in [0.5, 0.6) is 0 Å². The van der Waals surface area contributed by atoms with Gasteiger partial charge in [-0.15, -0.1) is 0 Å². The number of imidazole rings is 1. The van der Waals surface area contributed by atoms with E-state index in [1.54, 1.807) is 6.20 Å². The van der Waals surface area contributed by atoms with Crippen molar-refractivity contribution in [3.05, 3.63) is 53.6 Å². The van der Waals surface area contributed by atoms with Crippen LogP contribution in [0, 0.1) is 0 Å².